The average molecular weight is 353 g/mol. The summed E-state index contributed by atoms with van der Waals surface area (Å²) in [6.07, 6.45) is -0.0709. The van der Waals surface area contributed by atoms with Crippen LogP contribution < -0.4 is 11.1 Å². The third-order valence-electron chi connectivity index (χ3n) is 3.32. The number of halogens is 3. The number of rotatable bonds is 5. The van der Waals surface area contributed by atoms with Crippen molar-refractivity contribution in [2.24, 2.45) is 5.73 Å². The Morgan fingerprint density at radius 2 is 1.83 bits per heavy atom. The lowest BCUT2D eigenvalue weighted by Gasteiger charge is -2.13. The van der Waals surface area contributed by atoms with Gasteiger partial charge in [0.15, 0.2) is 5.78 Å². The number of carbonyl (C=O) groups excluding carboxylic acids is 2. The van der Waals surface area contributed by atoms with Gasteiger partial charge in [-0.05, 0) is 30.7 Å². The van der Waals surface area contributed by atoms with Crippen LogP contribution in [0.1, 0.15) is 22.8 Å². The zero-order valence-electron chi connectivity index (χ0n) is 12.8. The largest absolute Gasteiger partial charge is 0.322 e. The van der Waals surface area contributed by atoms with Crippen molar-refractivity contribution in [3.8, 4) is 0 Å². The molecule has 0 aliphatic carbocycles. The van der Waals surface area contributed by atoms with E-state index in [1.165, 1.54) is 6.07 Å². The van der Waals surface area contributed by atoms with Crippen molar-refractivity contribution in [2.45, 2.75) is 19.4 Å². The van der Waals surface area contributed by atoms with Crippen LogP contribution in [0.3, 0.4) is 0 Å². The minimum Gasteiger partial charge on any atom is -0.322 e. The molecule has 24 heavy (non-hydrogen) atoms. The Morgan fingerprint density at radius 1 is 1.21 bits per heavy atom. The van der Waals surface area contributed by atoms with E-state index in [1.807, 2.05) is 0 Å². The van der Waals surface area contributed by atoms with E-state index in [0.29, 0.717) is 11.6 Å². The van der Waals surface area contributed by atoms with Crippen LogP contribution in [-0.4, -0.2) is 17.7 Å². The standard InChI is InChI=1S/C17H15ClF2N2O2/c1-9(21)15(23)5-10-3-2-4-14(18)16(10)17(24)22-13-7-11(19)6-12(20)8-13/h2-4,6-9H,5,21H2,1H3,(H,22,24). The van der Waals surface area contributed by atoms with Crippen LogP contribution in [0.15, 0.2) is 36.4 Å². The highest BCUT2D eigenvalue weighted by Crippen LogP contribution is 2.23. The molecule has 0 heterocycles. The predicted octanol–water partition coefficient (Wildman–Crippen LogP) is 3.33. The number of ketones is 1. The maximum Gasteiger partial charge on any atom is 0.257 e. The molecule has 0 radical (unpaired) electrons. The Hall–Kier alpha value is -2.31. The van der Waals surface area contributed by atoms with Crippen molar-refractivity contribution >= 4 is 29.0 Å². The first-order chi connectivity index (χ1) is 11.3. The van der Waals surface area contributed by atoms with E-state index >= 15 is 0 Å². The van der Waals surface area contributed by atoms with Crippen LogP contribution >= 0.6 is 11.6 Å². The molecule has 126 valence electrons. The highest BCUT2D eigenvalue weighted by atomic mass is 35.5. The van der Waals surface area contributed by atoms with Gasteiger partial charge in [-0.25, -0.2) is 8.78 Å². The summed E-state index contributed by atoms with van der Waals surface area (Å²) in [6.45, 7) is 1.54. The fourth-order valence-corrected chi connectivity index (χ4v) is 2.42. The summed E-state index contributed by atoms with van der Waals surface area (Å²) in [4.78, 5) is 24.3. The molecule has 2 aromatic rings. The molecule has 2 rings (SSSR count). The number of anilines is 1. The third-order valence-corrected chi connectivity index (χ3v) is 3.63. The molecule has 0 bridgehead atoms. The molecule has 0 aliphatic rings. The Bertz CT molecular complexity index is 774. The molecule has 1 atom stereocenters. The van der Waals surface area contributed by atoms with Crippen molar-refractivity contribution < 1.29 is 18.4 Å². The molecule has 4 nitrogen and oxygen atoms in total. The van der Waals surface area contributed by atoms with E-state index in [-0.39, 0.29) is 28.5 Å². The summed E-state index contributed by atoms with van der Waals surface area (Å²) < 4.78 is 26.4. The van der Waals surface area contributed by atoms with Crippen molar-refractivity contribution in [3.05, 3.63) is 64.2 Å². The Balaban J connectivity index is 2.33. The predicted molar refractivity (Wildman–Crippen MR) is 88.1 cm³/mol. The first-order valence-corrected chi connectivity index (χ1v) is 7.49. The first kappa shape index (κ1) is 18.0. The van der Waals surface area contributed by atoms with E-state index in [2.05, 4.69) is 5.32 Å². The molecule has 0 fully saturated rings. The number of hydrogen-bond donors (Lipinski definition) is 2. The Morgan fingerprint density at radius 3 is 2.42 bits per heavy atom. The van der Waals surface area contributed by atoms with Crippen LogP contribution in [0, 0.1) is 11.6 Å². The maximum absolute atomic E-state index is 13.2. The molecule has 0 spiro atoms. The highest BCUT2D eigenvalue weighted by Gasteiger charge is 2.19. The quantitative estimate of drug-likeness (QED) is 0.867. The molecule has 7 heteroatoms. The van der Waals surface area contributed by atoms with Gasteiger partial charge in [0.25, 0.3) is 5.91 Å². The van der Waals surface area contributed by atoms with Crippen LogP contribution in [0.4, 0.5) is 14.5 Å². The van der Waals surface area contributed by atoms with Crippen molar-refractivity contribution in [1.29, 1.82) is 0 Å². The number of amides is 1. The zero-order valence-corrected chi connectivity index (χ0v) is 13.5. The molecule has 2 aromatic carbocycles. The lowest BCUT2D eigenvalue weighted by Crippen LogP contribution is -2.29. The van der Waals surface area contributed by atoms with Gasteiger partial charge < -0.3 is 11.1 Å². The van der Waals surface area contributed by atoms with Crippen molar-refractivity contribution in [1.82, 2.24) is 0 Å². The fourth-order valence-electron chi connectivity index (χ4n) is 2.14. The SMILES string of the molecule is CC(N)C(=O)Cc1cccc(Cl)c1C(=O)Nc1cc(F)cc(F)c1. The second-order valence-corrected chi connectivity index (χ2v) is 5.73. The number of hydrogen-bond acceptors (Lipinski definition) is 3. The monoisotopic (exact) mass is 352 g/mol. The molecule has 0 aliphatic heterocycles. The third kappa shape index (κ3) is 4.37. The minimum absolute atomic E-state index is 0.0538. The maximum atomic E-state index is 13.2. The highest BCUT2D eigenvalue weighted by molar-refractivity contribution is 6.34. The van der Waals surface area contributed by atoms with E-state index in [9.17, 15) is 18.4 Å². The number of benzene rings is 2. The molecule has 1 amide bonds. The van der Waals surface area contributed by atoms with Gasteiger partial charge in [0, 0.05) is 18.2 Å². The zero-order chi connectivity index (χ0) is 17.9. The van der Waals surface area contributed by atoms with Crippen LogP contribution in [0.2, 0.25) is 5.02 Å². The summed E-state index contributed by atoms with van der Waals surface area (Å²) in [5.74, 6) is -2.57. The summed E-state index contributed by atoms with van der Waals surface area (Å²) in [6, 6.07) is 6.63. The van der Waals surface area contributed by atoms with Crippen LogP contribution in [-0.2, 0) is 11.2 Å². The van der Waals surface area contributed by atoms with Crippen molar-refractivity contribution in [2.75, 3.05) is 5.32 Å². The van der Waals surface area contributed by atoms with Gasteiger partial charge in [-0.3, -0.25) is 9.59 Å². The fraction of sp³-hybridized carbons (Fsp3) is 0.176. The molecule has 0 saturated heterocycles. The van der Waals surface area contributed by atoms with Gasteiger partial charge in [-0.1, -0.05) is 23.7 Å². The summed E-state index contributed by atoms with van der Waals surface area (Å²) in [7, 11) is 0. The average Bonchev–Trinajstić information content (AvgIpc) is 2.45. The van der Waals surface area contributed by atoms with Gasteiger partial charge in [0.2, 0.25) is 0 Å². The molecular formula is C17H15ClF2N2O2. The summed E-state index contributed by atoms with van der Waals surface area (Å²) in [5, 5.41) is 2.50. The number of nitrogens with two attached hydrogens (primary N) is 1. The lowest BCUT2D eigenvalue weighted by molar-refractivity contribution is -0.119. The van der Waals surface area contributed by atoms with Gasteiger partial charge >= 0.3 is 0 Å². The van der Waals surface area contributed by atoms with Gasteiger partial charge in [-0.2, -0.15) is 0 Å². The van der Waals surface area contributed by atoms with E-state index in [4.69, 9.17) is 17.3 Å². The van der Waals surface area contributed by atoms with E-state index in [0.717, 1.165) is 12.1 Å². The first-order valence-electron chi connectivity index (χ1n) is 7.11. The molecular weight excluding hydrogens is 338 g/mol. The Kier molecular flexibility index (Phi) is 5.64. The molecule has 0 aromatic heterocycles. The smallest absolute Gasteiger partial charge is 0.257 e. The topological polar surface area (TPSA) is 72.2 Å². The van der Waals surface area contributed by atoms with Gasteiger partial charge in [0.05, 0.1) is 16.6 Å². The van der Waals surface area contributed by atoms with E-state index < -0.39 is 23.6 Å². The number of Topliss-reactive ketones (excluding diaryl/α,β-unsaturated/α-hetero) is 1. The second kappa shape index (κ2) is 7.51. The summed E-state index contributed by atoms with van der Waals surface area (Å²) in [5.41, 5.74) is 5.94. The normalized spacial score (nSPS) is 11.9. The Labute approximate surface area is 142 Å². The minimum atomic E-state index is -0.822. The van der Waals surface area contributed by atoms with Gasteiger partial charge in [-0.15, -0.1) is 0 Å². The lowest BCUT2D eigenvalue weighted by atomic mass is 9.99. The second-order valence-electron chi connectivity index (χ2n) is 5.32. The summed E-state index contributed by atoms with van der Waals surface area (Å²) >= 11 is 6.06. The number of carbonyl (C=O) groups is 2. The molecule has 0 saturated carbocycles. The number of nitrogens with one attached hydrogen (secondary N) is 1. The molecule has 3 N–H and O–H groups in total. The van der Waals surface area contributed by atoms with Crippen LogP contribution in [0.5, 0.6) is 0 Å². The molecule has 1 unspecified atom stereocenters. The van der Waals surface area contributed by atoms with E-state index in [1.54, 1.807) is 19.1 Å². The van der Waals surface area contributed by atoms with Crippen LogP contribution in [0.25, 0.3) is 0 Å². The van der Waals surface area contributed by atoms with Gasteiger partial charge in [0.1, 0.15) is 11.6 Å². The van der Waals surface area contributed by atoms with Crippen molar-refractivity contribution in [3.63, 3.8) is 0 Å².